The van der Waals surface area contributed by atoms with Crippen molar-refractivity contribution in [3.8, 4) is 0 Å². The normalized spacial score (nSPS) is 34.2. The fraction of sp³-hybridized carbons (Fsp3) is 0.654. The first-order valence-electron chi connectivity index (χ1n) is 12.3. The molecule has 8 heteroatoms. The Morgan fingerprint density at radius 3 is 2.71 bits per heavy atom. The predicted molar refractivity (Wildman–Crippen MR) is 120 cm³/mol. The van der Waals surface area contributed by atoms with Crippen molar-refractivity contribution in [2.75, 3.05) is 37.6 Å². The van der Waals surface area contributed by atoms with Crippen LogP contribution in [-0.2, 0) is 15.7 Å². The number of benzene rings is 1. The molecule has 3 unspecified atom stereocenters. The van der Waals surface area contributed by atoms with E-state index < -0.39 is 11.7 Å². The first kappa shape index (κ1) is 25.4. The molecule has 1 aromatic rings. The molecule has 1 aromatic carbocycles. The summed E-state index contributed by atoms with van der Waals surface area (Å²) in [7, 11) is 0. The number of hydrogen-bond donors (Lipinski definition) is 1. The van der Waals surface area contributed by atoms with Crippen LogP contribution < -0.4 is 22.2 Å². The largest absolute Gasteiger partial charge is 1.00 e. The number of alkyl halides is 3. The zero-order valence-corrected chi connectivity index (χ0v) is 20.4. The van der Waals surface area contributed by atoms with Crippen molar-refractivity contribution < 1.29 is 40.0 Å². The van der Waals surface area contributed by atoms with Crippen LogP contribution >= 0.6 is 0 Å². The molecule has 0 aromatic heterocycles. The Balaban J connectivity index is 0.00000274. The van der Waals surface area contributed by atoms with Crippen molar-refractivity contribution >= 4 is 11.7 Å². The van der Waals surface area contributed by atoms with E-state index in [4.69, 9.17) is 4.74 Å². The molecular weight excluding hydrogens is 465 g/mol. The minimum Gasteiger partial charge on any atom is -1.00 e. The molecule has 1 N–H and O–H groups in total. The molecular formula is C26H34ClF3N2O2. The molecule has 2 aliphatic carbocycles. The first-order valence-corrected chi connectivity index (χ1v) is 12.3. The summed E-state index contributed by atoms with van der Waals surface area (Å²) in [6.07, 6.45) is 1.11. The second kappa shape index (κ2) is 9.38. The molecule has 2 heterocycles. The number of quaternary nitrogens is 1. The van der Waals surface area contributed by atoms with Gasteiger partial charge in [0.2, 0.25) is 0 Å². The van der Waals surface area contributed by atoms with Gasteiger partial charge in [-0.1, -0.05) is 25.1 Å². The van der Waals surface area contributed by atoms with Crippen LogP contribution in [0.3, 0.4) is 0 Å². The molecule has 5 rings (SSSR count). The summed E-state index contributed by atoms with van der Waals surface area (Å²) in [5, 5.41) is 0. The minimum absolute atomic E-state index is 0. The van der Waals surface area contributed by atoms with Gasteiger partial charge in [-0.15, -0.1) is 0 Å². The van der Waals surface area contributed by atoms with Crippen molar-refractivity contribution in [3.63, 3.8) is 0 Å². The number of carbonyl (C=O) groups excluding carboxylic acids is 1. The van der Waals surface area contributed by atoms with E-state index in [9.17, 15) is 18.0 Å². The van der Waals surface area contributed by atoms with Gasteiger partial charge < -0.3 is 26.9 Å². The lowest BCUT2D eigenvalue weighted by Gasteiger charge is -2.50. The van der Waals surface area contributed by atoms with Gasteiger partial charge in [-0.25, -0.2) is 0 Å². The Kier molecular flexibility index (Phi) is 7.00. The molecule has 0 radical (unpaired) electrons. The zero-order valence-electron chi connectivity index (χ0n) is 19.7. The van der Waals surface area contributed by atoms with Gasteiger partial charge in [-0.05, 0) is 61.6 Å². The highest BCUT2D eigenvalue weighted by atomic mass is 35.5. The van der Waals surface area contributed by atoms with Gasteiger partial charge in [0.1, 0.15) is 12.0 Å². The lowest BCUT2D eigenvalue weighted by molar-refractivity contribution is -0.903. The standard InChI is InChI=1S/C26H33F3N2O2.ClH/c1-17-5-4-8-25(2)15-23-20(14-22(17)25)21(24(32)33-23)16-30-9-11-31(12-10-30)19-7-3-6-18(13-19)26(27,28)29;/h3,6-7,13,20-23H,1,4-5,8-12,14-16H2,2H3;1H/t20-,21?,22?,23-,25?;/m1./s1. The van der Waals surface area contributed by atoms with Gasteiger partial charge in [-0.2, -0.15) is 13.2 Å². The second-order valence-electron chi connectivity index (χ2n) is 10.9. The number of fused-ring (bicyclic) bond motifs is 2. The molecule has 2 saturated carbocycles. The van der Waals surface area contributed by atoms with E-state index in [1.807, 2.05) is 4.90 Å². The van der Waals surface area contributed by atoms with Gasteiger partial charge >= 0.3 is 12.1 Å². The highest BCUT2D eigenvalue weighted by Crippen LogP contribution is 2.56. The Bertz CT molecular complexity index is 931. The van der Waals surface area contributed by atoms with E-state index in [0.717, 1.165) is 45.0 Å². The van der Waals surface area contributed by atoms with Crippen LogP contribution in [0.15, 0.2) is 36.4 Å². The van der Waals surface area contributed by atoms with Crippen molar-refractivity contribution in [2.45, 2.75) is 51.3 Å². The molecule has 2 aliphatic heterocycles. The number of esters is 1. The Labute approximate surface area is 205 Å². The van der Waals surface area contributed by atoms with Crippen LogP contribution in [0, 0.1) is 23.2 Å². The topological polar surface area (TPSA) is 34.0 Å². The van der Waals surface area contributed by atoms with Crippen LogP contribution in [0.25, 0.3) is 0 Å². The number of nitrogens with one attached hydrogen (secondary N) is 1. The summed E-state index contributed by atoms with van der Waals surface area (Å²) < 4.78 is 45.1. The molecule has 2 saturated heterocycles. The second-order valence-corrected chi connectivity index (χ2v) is 10.9. The fourth-order valence-electron chi connectivity index (χ4n) is 6.96. The molecule has 4 aliphatic rings. The molecule has 4 fully saturated rings. The Morgan fingerprint density at radius 2 is 2.00 bits per heavy atom. The van der Waals surface area contributed by atoms with Crippen molar-refractivity contribution in [1.29, 1.82) is 0 Å². The minimum atomic E-state index is -4.33. The summed E-state index contributed by atoms with van der Waals surface area (Å²) in [5.41, 5.74) is 1.56. The van der Waals surface area contributed by atoms with E-state index >= 15 is 0 Å². The van der Waals surface area contributed by atoms with Gasteiger partial charge in [0, 0.05) is 11.6 Å². The number of rotatable bonds is 3. The van der Waals surface area contributed by atoms with Crippen LogP contribution in [0.1, 0.15) is 44.6 Å². The third kappa shape index (κ3) is 4.70. The molecule has 188 valence electrons. The summed E-state index contributed by atoms with van der Waals surface area (Å²) in [4.78, 5) is 16.2. The first-order chi connectivity index (χ1) is 15.6. The SMILES string of the molecule is C=C1CCCC2(C)C[C@H]3OC(=O)C(C[NH+]4CCN(c5cccc(C(F)(F)F)c5)CC4)[C@H]3CC12.[Cl-]. The lowest BCUT2D eigenvalue weighted by Crippen LogP contribution is -3.15. The van der Waals surface area contributed by atoms with E-state index in [1.54, 1.807) is 6.07 Å². The summed E-state index contributed by atoms with van der Waals surface area (Å²) in [6.45, 7) is 10.5. The number of anilines is 1. The molecule has 4 nitrogen and oxygen atoms in total. The summed E-state index contributed by atoms with van der Waals surface area (Å²) in [5.74, 6) is 0.617. The Morgan fingerprint density at radius 1 is 1.26 bits per heavy atom. The number of ether oxygens (including phenoxy) is 1. The summed E-state index contributed by atoms with van der Waals surface area (Å²) >= 11 is 0. The van der Waals surface area contributed by atoms with E-state index in [0.29, 0.717) is 24.7 Å². The summed E-state index contributed by atoms with van der Waals surface area (Å²) in [6, 6.07) is 5.57. The van der Waals surface area contributed by atoms with E-state index in [1.165, 1.54) is 35.4 Å². The van der Waals surface area contributed by atoms with Crippen LogP contribution in [-0.4, -0.2) is 44.8 Å². The number of halogens is 4. The average molecular weight is 499 g/mol. The number of hydrogen-bond acceptors (Lipinski definition) is 3. The van der Waals surface area contributed by atoms with E-state index in [2.05, 4.69) is 13.5 Å². The van der Waals surface area contributed by atoms with Crippen LogP contribution in [0.2, 0.25) is 0 Å². The number of carbonyl (C=O) groups is 1. The third-order valence-electron chi connectivity index (χ3n) is 8.84. The number of nitrogens with zero attached hydrogens (tertiary/aromatic N) is 1. The number of piperazine rings is 1. The van der Waals surface area contributed by atoms with Crippen LogP contribution in [0.5, 0.6) is 0 Å². The van der Waals surface area contributed by atoms with Crippen molar-refractivity contribution in [1.82, 2.24) is 0 Å². The van der Waals surface area contributed by atoms with E-state index in [-0.39, 0.29) is 41.7 Å². The maximum Gasteiger partial charge on any atom is 0.416 e. The van der Waals surface area contributed by atoms with Crippen molar-refractivity contribution in [3.05, 3.63) is 42.0 Å². The van der Waals surface area contributed by atoms with Gasteiger partial charge in [0.15, 0.2) is 0 Å². The highest BCUT2D eigenvalue weighted by Gasteiger charge is 2.56. The molecule has 34 heavy (non-hydrogen) atoms. The monoisotopic (exact) mass is 498 g/mol. The zero-order chi connectivity index (χ0) is 23.4. The average Bonchev–Trinajstić information content (AvgIpc) is 3.06. The van der Waals surface area contributed by atoms with Crippen molar-refractivity contribution in [2.24, 2.45) is 23.2 Å². The quantitative estimate of drug-likeness (QED) is 0.493. The molecule has 5 atom stereocenters. The maximum absolute atomic E-state index is 13.1. The molecule has 0 amide bonds. The predicted octanol–water partition coefficient (Wildman–Crippen LogP) is 0.729. The smallest absolute Gasteiger partial charge is 0.416 e. The van der Waals surface area contributed by atoms with Gasteiger partial charge in [-0.3, -0.25) is 4.79 Å². The van der Waals surface area contributed by atoms with Crippen LogP contribution in [0.4, 0.5) is 18.9 Å². The molecule has 0 spiro atoms. The number of allylic oxidation sites excluding steroid dienone is 1. The van der Waals surface area contributed by atoms with Gasteiger partial charge in [0.05, 0.1) is 38.3 Å². The van der Waals surface area contributed by atoms with Gasteiger partial charge in [0.25, 0.3) is 0 Å². The molecule has 0 bridgehead atoms. The lowest BCUT2D eigenvalue weighted by atomic mass is 9.55. The highest BCUT2D eigenvalue weighted by molar-refractivity contribution is 5.75. The Hall–Kier alpha value is -1.73. The third-order valence-corrected chi connectivity index (χ3v) is 8.84. The maximum atomic E-state index is 13.1. The fourth-order valence-corrected chi connectivity index (χ4v) is 6.96.